The van der Waals surface area contributed by atoms with Crippen LogP contribution in [0.5, 0.6) is 0 Å². The van der Waals surface area contributed by atoms with Gasteiger partial charge in [-0.25, -0.2) is 0 Å². The van der Waals surface area contributed by atoms with Crippen LogP contribution < -0.4 is 0 Å². The van der Waals surface area contributed by atoms with Crippen molar-refractivity contribution in [3.8, 4) is 0 Å². The van der Waals surface area contributed by atoms with E-state index >= 15 is 0 Å². The van der Waals surface area contributed by atoms with Crippen LogP contribution in [0, 0.1) is 5.92 Å². The summed E-state index contributed by atoms with van der Waals surface area (Å²) in [6.45, 7) is 2.22. The lowest BCUT2D eigenvalue weighted by atomic mass is 10.0. The van der Waals surface area contributed by atoms with E-state index in [1.807, 2.05) is 0 Å². The maximum atomic E-state index is 6.68. The molecule has 0 bridgehead atoms. The summed E-state index contributed by atoms with van der Waals surface area (Å²) >= 11 is 6.68. The molecule has 1 aliphatic carbocycles. The van der Waals surface area contributed by atoms with Crippen LogP contribution in [0.3, 0.4) is 0 Å². The van der Waals surface area contributed by atoms with E-state index in [0.717, 1.165) is 6.42 Å². The molecule has 104 valence electrons. The number of alkyl halides is 1. The molecule has 0 aromatic heterocycles. The zero-order chi connectivity index (χ0) is 13.9. The van der Waals surface area contributed by atoms with Crippen molar-refractivity contribution in [1.82, 2.24) is 0 Å². The van der Waals surface area contributed by atoms with Crippen molar-refractivity contribution in [3.63, 3.8) is 0 Å². The molecule has 0 radical (unpaired) electrons. The highest BCUT2D eigenvalue weighted by Crippen LogP contribution is 2.56. The van der Waals surface area contributed by atoms with Gasteiger partial charge in [-0.3, -0.25) is 0 Å². The third-order valence-corrected chi connectivity index (χ3v) is 4.86. The second kappa shape index (κ2) is 6.01. The van der Waals surface area contributed by atoms with Crippen molar-refractivity contribution in [1.29, 1.82) is 0 Å². The zero-order valence-electron chi connectivity index (χ0n) is 11.9. The van der Waals surface area contributed by atoms with Gasteiger partial charge in [-0.15, -0.1) is 11.6 Å². The quantitative estimate of drug-likeness (QED) is 0.616. The first-order valence-corrected chi connectivity index (χ1v) is 8.01. The Morgan fingerprint density at radius 3 is 2.40 bits per heavy atom. The fraction of sp³-hybridized carbons (Fsp3) is 0.368. The Hall–Kier alpha value is -1.27. The molecule has 0 aliphatic heterocycles. The Morgan fingerprint density at radius 2 is 1.75 bits per heavy atom. The first-order valence-electron chi connectivity index (χ1n) is 7.57. The summed E-state index contributed by atoms with van der Waals surface area (Å²) in [5, 5.41) is 0.149. The summed E-state index contributed by atoms with van der Waals surface area (Å²) in [7, 11) is 0. The standard InChI is InChI=1S/C19H21Cl/c1-2-6-14-9-11-16(12-10-14)19(20)18-13-17(18)15-7-4-3-5-8-15/h3-5,7-12,17-19H,2,6,13H2,1H3. The summed E-state index contributed by atoms with van der Waals surface area (Å²) in [6.07, 6.45) is 3.57. The average molecular weight is 285 g/mol. The monoisotopic (exact) mass is 284 g/mol. The molecule has 3 rings (SSSR count). The number of benzene rings is 2. The molecule has 0 amide bonds. The van der Waals surface area contributed by atoms with E-state index in [0.29, 0.717) is 11.8 Å². The predicted molar refractivity (Wildman–Crippen MR) is 86.3 cm³/mol. The van der Waals surface area contributed by atoms with Gasteiger partial charge in [0, 0.05) is 0 Å². The largest absolute Gasteiger partial charge is 0.117 e. The molecule has 20 heavy (non-hydrogen) atoms. The van der Waals surface area contributed by atoms with Gasteiger partial charge >= 0.3 is 0 Å². The third kappa shape index (κ3) is 2.91. The zero-order valence-corrected chi connectivity index (χ0v) is 12.7. The van der Waals surface area contributed by atoms with Crippen molar-refractivity contribution in [3.05, 3.63) is 71.3 Å². The molecule has 0 saturated heterocycles. The number of hydrogen-bond donors (Lipinski definition) is 0. The third-order valence-electron chi connectivity index (χ3n) is 4.28. The molecular formula is C19H21Cl. The number of halogens is 1. The number of hydrogen-bond acceptors (Lipinski definition) is 0. The highest BCUT2D eigenvalue weighted by atomic mass is 35.5. The molecule has 0 spiro atoms. The molecule has 1 saturated carbocycles. The fourth-order valence-corrected chi connectivity index (χ4v) is 3.45. The Balaban J connectivity index is 1.67. The molecule has 0 N–H and O–H groups in total. The van der Waals surface area contributed by atoms with Crippen LogP contribution in [-0.2, 0) is 6.42 Å². The van der Waals surface area contributed by atoms with E-state index in [4.69, 9.17) is 11.6 Å². The maximum absolute atomic E-state index is 6.68. The van der Waals surface area contributed by atoms with Gasteiger partial charge in [0.25, 0.3) is 0 Å². The summed E-state index contributed by atoms with van der Waals surface area (Å²) in [5.74, 6) is 1.24. The summed E-state index contributed by atoms with van der Waals surface area (Å²) in [4.78, 5) is 0. The number of aryl methyl sites for hydroxylation is 1. The normalized spacial score (nSPS) is 22.5. The first kappa shape index (κ1) is 13.7. The topological polar surface area (TPSA) is 0 Å². The molecule has 2 aromatic carbocycles. The lowest BCUT2D eigenvalue weighted by molar-refractivity contribution is 0.763. The van der Waals surface area contributed by atoms with Crippen LogP contribution in [0.1, 0.15) is 47.8 Å². The lowest BCUT2D eigenvalue weighted by Crippen LogP contribution is -1.96. The second-order valence-electron chi connectivity index (χ2n) is 5.81. The van der Waals surface area contributed by atoms with Gasteiger partial charge in [0.15, 0.2) is 0 Å². The minimum atomic E-state index is 0.149. The van der Waals surface area contributed by atoms with Gasteiger partial charge in [0.05, 0.1) is 5.38 Å². The van der Waals surface area contributed by atoms with Crippen LogP contribution in [-0.4, -0.2) is 0 Å². The van der Waals surface area contributed by atoms with E-state index in [2.05, 4.69) is 61.5 Å². The number of rotatable bonds is 5. The van der Waals surface area contributed by atoms with Gasteiger partial charge in [0.2, 0.25) is 0 Å². The molecular weight excluding hydrogens is 264 g/mol. The van der Waals surface area contributed by atoms with Gasteiger partial charge in [-0.1, -0.05) is 67.9 Å². The van der Waals surface area contributed by atoms with Gasteiger partial charge in [-0.2, -0.15) is 0 Å². The van der Waals surface area contributed by atoms with Crippen molar-refractivity contribution in [2.45, 2.75) is 37.5 Å². The SMILES string of the molecule is CCCc1ccc(C(Cl)C2CC2c2ccccc2)cc1. The van der Waals surface area contributed by atoms with E-state index in [1.165, 1.54) is 29.5 Å². The minimum absolute atomic E-state index is 0.149. The van der Waals surface area contributed by atoms with Crippen molar-refractivity contribution in [2.75, 3.05) is 0 Å². The van der Waals surface area contributed by atoms with E-state index in [1.54, 1.807) is 0 Å². The smallest absolute Gasteiger partial charge is 0.0619 e. The van der Waals surface area contributed by atoms with Crippen molar-refractivity contribution in [2.24, 2.45) is 5.92 Å². The highest BCUT2D eigenvalue weighted by Gasteiger charge is 2.43. The van der Waals surface area contributed by atoms with Crippen LogP contribution >= 0.6 is 11.6 Å². The Bertz CT molecular complexity index is 544. The van der Waals surface area contributed by atoms with Crippen LogP contribution in [0.15, 0.2) is 54.6 Å². The van der Waals surface area contributed by atoms with Crippen LogP contribution in [0.2, 0.25) is 0 Å². The summed E-state index contributed by atoms with van der Waals surface area (Å²) in [5.41, 5.74) is 4.12. The lowest BCUT2D eigenvalue weighted by Gasteiger charge is -2.10. The Morgan fingerprint density at radius 1 is 1.05 bits per heavy atom. The van der Waals surface area contributed by atoms with E-state index < -0.39 is 0 Å². The summed E-state index contributed by atoms with van der Waals surface area (Å²) < 4.78 is 0. The predicted octanol–water partition coefficient (Wildman–Crippen LogP) is 5.72. The molecule has 0 heterocycles. The van der Waals surface area contributed by atoms with Crippen molar-refractivity contribution < 1.29 is 0 Å². The van der Waals surface area contributed by atoms with Gasteiger partial charge in [0.1, 0.15) is 0 Å². The molecule has 3 unspecified atom stereocenters. The minimum Gasteiger partial charge on any atom is -0.117 e. The molecule has 2 aromatic rings. The average Bonchev–Trinajstić information content (AvgIpc) is 3.29. The van der Waals surface area contributed by atoms with Gasteiger partial charge in [-0.05, 0) is 41.4 Å². The van der Waals surface area contributed by atoms with E-state index in [-0.39, 0.29) is 5.38 Å². The molecule has 1 fully saturated rings. The fourth-order valence-electron chi connectivity index (χ4n) is 3.03. The van der Waals surface area contributed by atoms with Crippen LogP contribution in [0.25, 0.3) is 0 Å². The molecule has 3 atom stereocenters. The Kier molecular flexibility index (Phi) is 4.12. The van der Waals surface area contributed by atoms with Crippen molar-refractivity contribution >= 4 is 11.6 Å². The molecule has 0 nitrogen and oxygen atoms in total. The summed E-state index contributed by atoms with van der Waals surface area (Å²) in [6, 6.07) is 19.6. The van der Waals surface area contributed by atoms with E-state index in [9.17, 15) is 0 Å². The van der Waals surface area contributed by atoms with Gasteiger partial charge < -0.3 is 0 Å². The first-order chi connectivity index (χ1) is 9.79. The Labute approximate surface area is 126 Å². The molecule has 1 aliphatic rings. The molecule has 1 heteroatoms. The maximum Gasteiger partial charge on any atom is 0.0619 e. The second-order valence-corrected chi connectivity index (χ2v) is 6.28. The highest BCUT2D eigenvalue weighted by molar-refractivity contribution is 6.21. The van der Waals surface area contributed by atoms with Crippen LogP contribution in [0.4, 0.5) is 0 Å².